The lowest BCUT2D eigenvalue weighted by Crippen LogP contribution is -2.61. The van der Waals surface area contributed by atoms with Crippen LogP contribution in [-0.2, 0) is 49.6 Å². The number of hydrogen-bond acceptors (Lipinski definition) is 12. The largest absolute Gasteiger partial charge is 0.480 e. The van der Waals surface area contributed by atoms with Gasteiger partial charge in [-0.15, -0.1) is 0 Å². The lowest BCUT2D eigenvalue weighted by Gasteiger charge is -2.31. The van der Waals surface area contributed by atoms with Gasteiger partial charge in [-0.3, -0.25) is 38.4 Å². The lowest BCUT2D eigenvalue weighted by molar-refractivity contribution is -0.145. The predicted octanol–water partition coefficient (Wildman–Crippen LogP) is -2.02. The number of aromatic amines is 1. The number of hydrogen-bond donors (Lipinski definition) is 10. The number of aliphatic carboxylic acids is 1. The van der Waals surface area contributed by atoms with Gasteiger partial charge in [0.2, 0.25) is 47.3 Å². The number of carboxylic acid groups (broad SMARTS) is 1. The number of para-hydroxylation sites is 1. The predicted molar refractivity (Wildman–Crippen MR) is 241 cm³/mol. The van der Waals surface area contributed by atoms with Gasteiger partial charge in [-0.2, -0.15) is 0 Å². The maximum Gasteiger partial charge on any atom is 0.326 e. The van der Waals surface area contributed by atoms with Gasteiger partial charge in [-0.1, -0.05) is 32.0 Å². The molecule has 10 atom stereocenters. The first-order valence-electron chi connectivity index (χ1n) is 23.0. The summed E-state index contributed by atoms with van der Waals surface area (Å²) in [5, 5.41) is 43.5. The van der Waals surface area contributed by atoms with E-state index in [1.54, 1.807) is 6.20 Å². The van der Waals surface area contributed by atoms with Crippen molar-refractivity contribution in [2.45, 2.75) is 146 Å². The number of H-pyrrole nitrogens is 1. The summed E-state index contributed by atoms with van der Waals surface area (Å²) in [6.45, 7) is 7.65. The van der Waals surface area contributed by atoms with Gasteiger partial charge in [-0.25, -0.2) is 4.79 Å². The molecule has 1 aromatic carbocycles. The summed E-state index contributed by atoms with van der Waals surface area (Å²) in [6, 6.07) is -3.24. The highest BCUT2D eigenvalue weighted by Gasteiger charge is 2.42. The van der Waals surface area contributed by atoms with E-state index in [0.29, 0.717) is 31.2 Å². The zero-order chi connectivity index (χ0) is 49.3. The van der Waals surface area contributed by atoms with Crippen LogP contribution >= 0.6 is 0 Å². The van der Waals surface area contributed by atoms with Crippen molar-refractivity contribution in [3.63, 3.8) is 0 Å². The zero-order valence-electron chi connectivity index (χ0n) is 38.7. The average molecular weight is 939 g/mol. The number of rotatable bonds is 20. The molecule has 3 aliphatic rings. The van der Waals surface area contributed by atoms with Crippen molar-refractivity contribution < 1.29 is 58.5 Å². The fourth-order valence-corrected chi connectivity index (χ4v) is 9.05. The van der Waals surface area contributed by atoms with E-state index in [1.807, 2.05) is 38.1 Å². The molecule has 3 fully saturated rings. The second-order valence-corrected chi connectivity index (χ2v) is 18.2. The van der Waals surface area contributed by atoms with Crippen molar-refractivity contribution in [2.75, 3.05) is 26.2 Å². The number of fused-ring (bicyclic) bond motifs is 1. The second kappa shape index (κ2) is 23.1. The third-order valence-corrected chi connectivity index (χ3v) is 12.6. The number of aromatic nitrogens is 1. The highest BCUT2D eigenvalue weighted by atomic mass is 16.4. The number of aliphatic hydroxyl groups excluding tert-OH is 2. The van der Waals surface area contributed by atoms with E-state index in [2.05, 4.69) is 31.6 Å². The number of nitrogens with two attached hydrogens (primary N) is 1. The van der Waals surface area contributed by atoms with Crippen molar-refractivity contribution in [1.29, 1.82) is 0 Å². The first-order chi connectivity index (χ1) is 31.7. The molecule has 0 bridgehead atoms. The van der Waals surface area contributed by atoms with Gasteiger partial charge in [0.1, 0.15) is 54.4 Å². The van der Waals surface area contributed by atoms with Crippen molar-refractivity contribution >= 4 is 64.1 Å². The third kappa shape index (κ3) is 12.7. The zero-order valence-corrected chi connectivity index (χ0v) is 38.7. The first-order valence-corrected chi connectivity index (χ1v) is 23.0. The summed E-state index contributed by atoms with van der Waals surface area (Å²) in [5.74, 6) is -6.70. The standard InChI is InChI=1S/C45H66N10O12/c1-23(2)19-32(45(66)67)51-39(60)33-13-8-16-53(33)43(64)25(4)49-41(62)36(26(5)57)52-40(61)35-15-9-17-54(35)42(63)24(3)48-37(58)31(20-27-21-47-30-12-7-6-11-28(27)30)50-38(59)34-14-10-18-55(34)44(65)29(46)22-56/h6-7,11-12,21,23-26,29,31-36,47,56-57H,8-10,13-20,22,46H2,1-5H3,(H,48,58)(H,49,62)(H,50,59)(H,51,60)(H,52,61)(H,66,67)/t24-,25-,26+,29-,31-,32-,33-,34-,35-,36-/m0/s1. The van der Waals surface area contributed by atoms with Gasteiger partial charge in [0.25, 0.3) is 0 Å². The van der Waals surface area contributed by atoms with Crippen LogP contribution in [0.15, 0.2) is 30.5 Å². The molecule has 4 heterocycles. The van der Waals surface area contributed by atoms with E-state index in [-0.39, 0.29) is 51.2 Å². The molecule has 67 heavy (non-hydrogen) atoms. The summed E-state index contributed by atoms with van der Waals surface area (Å²) in [4.78, 5) is 128. The van der Waals surface area contributed by atoms with Crippen LogP contribution in [0.1, 0.15) is 85.1 Å². The molecule has 0 spiro atoms. The Morgan fingerprint density at radius 3 is 1.66 bits per heavy atom. The molecule has 1 aromatic heterocycles. The Kier molecular flexibility index (Phi) is 17.8. The maximum absolute atomic E-state index is 14.1. The van der Waals surface area contributed by atoms with Gasteiger partial charge in [0.05, 0.1) is 12.7 Å². The van der Waals surface area contributed by atoms with Gasteiger partial charge in [0, 0.05) is 43.2 Å². The van der Waals surface area contributed by atoms with Crippen LogP contribution < -0.4 is 32.3 Å². The summed E-state index contributed by atoms with van der Waals surface area (Å²) < 4.78 is 0. The Morgan fingerprint density at radius 1 is 0.687 bits per heavy atom. The molecule has 22 heteroatoms. The molecule has 22 nitrogen and oxygen atoms in total. The highest BCUT2D eigenvalue weighted by molar-refractivity contribution is 5.99. The van der Waals surface area contributed by atoms with Crippen LogP contribution in [0.4, 0.5) is 0 Å². The second-order valence-electron chi connectivity index (χ2n) is 18.2. The Bertz CT molecular complexity index is 2160. The summed E-state index contributed by atoms with van der Waals surface area (Å²) >= 11 is 0. The van der Waals surface area contributed by atoms with Crippen molar-refractivity contribution in [1.82, 2.24) is 46.3 Å². The quantitative estimate of drug-likeness (QED) is 0.0687. The van der Waals surface area contributed by atoms with E-state index in [4.69, 9.17) is 5.73 Å². The minimum atomic E-state index is -1.57. The number of amides is 8. The number of nitrogens with one attached hydrogen (secondary N) is 6. The molecule has 0 radical (unpaired) electrons. The molecule has 0 aliphatic carbocycles. The van der Waals surface area contributed by atoms with Gasteiger partial charge >= 0.3 is 5.97 Å². The maximum atomic E-state index is 14.1. The minimum Gasteiger partial charge on any atom is -0.480 e. The van der Waals surface area contributed by atoms with Crippen LogP contribution in [0.25, 0.3) is 10.9 Å². The fourth-order valence-electron chi connectivity index (χ4n) is 9.05. The number of carboxylic acids is 1. The number of aliphatic hydroxyl groups is 2. The van der Waals surface area contributed by atoms with Gasteiger partial charge < -0.3 is 67.3 Å². The van der Waals surface area contributed by atoms with Crippen molar-refractivity contribution in [2.24, 2.45) is 11.7 Å². The monoisotopic (exact) mass is 938 g/mol. The molecule has 0 unspecified atom stereocenters. The van der Waals surface area contributed by atoms with Gasteiger partial charge in [0.15, 0.2) is 0 Å². The summed E-state index contributed by atoms with van der Waals surface area (Å²) in [7, 11) is 0. The van der Waals surface area contributed by atoms with E-state index >= 15 is 0 Å². The molecule has 5 rings (SSSR count). The molecule has 2 aromatic rings. The Balaban J connectivity index is 1.22. The van der Waals surface area contributed by atoms with E-state index in [0.717, 1.165) is 10.9 Å². The molecular formula is C45H66N10O12. The fraction of sp³-hybridized carbons (Fsp3) is 0.622. The van der Waals surface area contributed by atoms with E-state index < -0.39 is 120 Å². The lowest BCUT2D eigenvalue weighted by atomic mass is 10.0. The number of carbonyl (C=O) groups excluding carboxylic acids is 8. The molecule has 8 amide bonds. The number of benzene rings is 1. The summed E-state index contributed by atoms with van der Waals surface area (Å²) in [6.07, 6.45) is 2.57. The molecule has 3 aliphatic heterocycles. The smallest absolute Gasteiger partial charge is 0.326 e. The number of carbonyl (C=O) groups is 9. The van der Waals surface area contributed by atoms with Crippen molar-refractivity contribution in [3.05, 3.63) is 36.0 Å². The topological polar surface area (TPSA) is 326 Å². The van der Waals surface area contributed by atoms with Crippen LogP contribution in [0, 0.1) is 5.92 Å². The van der Waals surface area contributed by atoms with E-state index in [9.17, 15) is 58.5 Å². The molecule has 0 saturated carbocycles. The third-order valence-electron chi connectivity index (χ3n) is 12.6. The van der Waals surface area contributed by atoms with Crippen LogP contribution in [0.3, 0.4) is 0 Å². The van der Waals surface area contributed by atoms with Crippen molar-refractivity contribution in [3.8, 4) is 0 Å². The highest BCUT2D eigenvalue weighted by Crippen LogP contribution is 2.24. The minimum absolute atomic E-state index is 0.000667. The summed E-state index contributed by atoms with van der Waals surface area (Å²) in [5.41, 5.74) is 7.27. The average Bonchev–Trinajstić information content (AvgIpc) is 4.13. The molecule has 11 N–H and O–H groups in total. The molecular weight excluding hydrogens is 873 g/mol. The van der Waals surface area contributed by atoms with Gasteiger partial charge in [-0.05, 0) is 83.3 Å². The van der Waals surface area contributed by atoms with Crippen LogP contribution in [-0.4, -0.2) is 175 Å². The SMILES string of the molecule is CC(C)C[C@H](NC(=O)[C@@H]1CCCN1C(=O)[C@H](C)NC(=O)[C@@H](NC(=O)[C@@H]1CCCN1C(=O)[C@H](C)NC(=O)[C@H](Cc1c[nH]c2ccccc12)NC(=O)[C@@H]1CCCN1C(=O)[C@@H](N)CO)[C@@H](C)O)C(=O)O. The van der Waals surface area contributed by atoms with Crippen LogP contribution in [0.2, 0.25) is 0 Å². The van der Waals surface area contributed by atoms with Crippen LogP contribution in [0.5, 0.6) is 0 Å². The molecule has 3 saturated heterocycles. The van der Waals surface area contributed by atoms with E-state index in [1.165, 1.54) is 35.5 Å². The Labute approximate surface area is 388 Å². The Hall–Kier alpha value is -6.13. The molecule has 368 valence electrons. The number of likely N-dealkylation sites (tertiary alicyclic amines) is 3. The normalized spacial score (nSPS) is 21.4. The first kappa shape index (κ1) is 51.8. The Morgan fingerprint density at radius 2 is 1.16 bits per heavy atom. The number of nitrogens with zero attached hydrogens (tertiary/aromatic N) is 3.